The molecule has 3 N–H and O–H groups in total. The zero-order chi connectivity index (χ0) is 25.0. The lowest BCUT2D eigenvalue weighted by Crippen LogP contribution is -2.29. The van der Waals surface area contributed by atoms with E-state index in [1.54, 1.807) is 41.6 Å². The van der Waals surface area contributed by atoms with Crippen molar-refractivity contribution in [3.8, 4) is 17.4 Å². The summed E-state index contributed by atoms with van der Waals surface area (Å²) < 4.78 is 10.0. The zero-order valence-electron chi connectivity index (χ0n) is 20.2. The molecule has 1 aliphatic rings. The smallest absolute Gasteiger partial charge is 0.248 e. The van der Waals surface area contributed by atoms with Gasteiger partial charge in [-0.1, -0.05) is 54.1 Å². The highest BCUT2D eigenvalue weighted by Crippen LogP contribution is 2.36. The summed E-state index contributed by atoms with van der Waals surface area (Å²) >= 11 is 3.43. The molecule has 2 heterocycles. The number of aliphatic hydroxyl groups is 1. The second kappa shape index (κ2) is 10.9. The Morgan fingerprint density at radius 1 is 1.23 bits per heavy atom. The summed E-state index contributed by atoms with van der Waals surface area (Å²) in [5, 5.41) is 28.1. The van der Waals surface area contributed by atoms with E-state index in [1.165, 1.54) is 12.5 Å². The number of hydrogen-bond donors (Lipinski definition) is 3. The molecular formula is C26H33BrN4O4. The summed E-state index contributed by atoms with van der Waals surface area (Å²) in [4.78, 5) is 13.5. The standard InChI is InChI=1S/C26H33BrN4O4/c1-26(2,34)17-30-12-11-23(29-30)28-25(33)22(13-18-7-4-3-5-8-18)31-16-21(15-24(31)32)35-20-10-6-9-19(27)14-20/h6,9-12,14-16,18,22,32,34H,3-5,7-8,13,17H2,1-2H3,(H,28,29,33)/t22-/m0/s1. The summed E-state index contributed by atoms with van der Waals surface area (Å²) in [6.45, 7) is 3.72. The molecule has 4 rings (SSSR count). The van der Waals surface area contributed by atoms with Gasteiger partial charge in [0.1, 0.15) is 17.5 Å². The molecule has 188 valence electrons. The van der Waals surface area contributed by atoms with Crippen LogP contribution in [0.5, 0.6) is 17.4 Å². The van der Waals surface area contributed by atoms with E-state index in [-0.39, 0.29) is 11.8 Å². The molecule has 1 aromatic carbocycles. The molecule has 1 atom stereocenters. The van der Waals surface area contributed by atoms with Gasteiger partial charge in [-0.25, -0.2) is 0 Å². The van der Waals surface area contributed by atoms with Crippen LogP contribution in [0.2, 0.25) is 0 Å². The predicted octanol–water partition coefficient (Wildman–Crippen LogP) is 5.87. The van der Waals surface area contributed by atoms with E-state index in [0.29, 0.717) is 36.2 Å². The molecular weight excluding hydrogens is 512 g/mol. The van der Waals surface area contributed by atoms with Crippen LogP contribution in [0, 0.1) is 5.92 Å². The van der Waals surface area contributed by atoms with Crippen LogP contribution in [0.15, 0.2) is 53.3 Å². The summed E-state index contributed by atoms with van der Waals surface area (Å²) in [6, 6.07) is 10.1. The number of halogens is 1. The molecule has 1 aliphatic carbocycles. The van der Waals surface area contributed by atoms with Crippen molar-refractivity contribution < 1.29 is 19.7 Å². The lowest BCUT2D eigenvalue weighted by Gasteiger charge is -2.27. The number of ether oxygens (including phenoxy) is 1. The maximum absolute atomic E-state index is 13.5. The van der Waals surface area contributed by atoms with Crippen molar-refractivity contribution >= 4 is 27.7 Å². The molecule has 8 nitrogen and oxygen atoms in total. The van der Waals surface area contributed by atoms with Crippen LogP contribution < -0.4 is 10.1 Å². The Hall–Kier alpha value is -2.78. The first-order valence-electron chi connectivity index (χ1n) is 12.1. The van der Waals surface area contributed by atoms with Gasteiger partial charge in [-0.15, -0.1) is 0 Å². The van der Waals surface area contributed by atoms with E-state index in [1.807, 2.05) is 24.3 Å². The van der Waals surface area contributed by atoms with Gasteiger partial charge in [-0.05, 0) is 44.4 Å². The van der Waals surface area contributed by atoms with Gasteiger partial charge < -0.3 is 24.8 Å². The van der Waals surface area contributed by atoms with Gasteiger partial charge in [0.05, 0.1) is 18.3 Å². The minimum Gasteiger partial charge on any atom is -0.494 e. The monoisotopic (exact) mass is 544 g/mol. The van der Waals surface area contributed by atoms with Crippen LogP contribution >= 0.6 is 15.9 Å². The Labute approximate surface area is 214 Å². The summed E-state index contributed by atoms with van der Waals surface area (Å²) in [7, 11) is 0. The molecule has 0 saturated heterocycles. The second-order valence-electron chi connectivity index (χ2n) is 9.96. The van der Waals surface area contributed by atoms with Crippen molar-refractivity contribution in [1.82, 2.24) is 14.3 Å². The van der Waals surface area contributed by atoms with Crippen LogP contribution in [0.4, 0.5) is 5.82 Å². The van der Waals surface area contributed by atoms with E-state index in [2.05, 4.69) is 26.3 Å². The number of aromatic hydroxyl groups is 1. The maximum atomic E-state index is 13.5. The van der Waals surface area contributed by atoms with Crippen LogP contribution in [-0.2, 0) is 11.3 Å². The normalized spacial score (nSPS) is 15.7. The molecule has 1 saturated carbocycles. The Balaban J connectivity index is 1.54. The van der Waals surface area contributed by atoms with Gasteiger partial charge in [-0.2, -0.15) is 5.10 Å². The van der Waals surface area contributed by atoms with Gasteiger partial charge >= 0.3 is 0 Å². The van der Waals surface area contributed by atoms with Crippen molar-refractivity contribution in [2.75, 3.05) is 5.32 Å². The van der Waals surface area contributed by atoms with E-state index < -0.39 is 11.6 Å². The summed E-state index contributed by atoms with van der Waals surface area (Å²) in [5.41, 5.74) is -0.918. The van der Waals surface area contributed by atoms with Crippen LogP contribution in [0.3, 0.4) is 0 Å². The third-order valence-electron chi connectivity index (χ3n) is 6.19. The number of nitrogens with one attached hydrogen (secondary N) is 1. The first-order chi connectivity index (χ1) is 16.7. The van der Waals surface area contributed by atoms with Crippen LogP contribution in [-0.4, -0.2) is 36.1 Å². The van der Waals surface area contributed by atoms with Crippen LogP contribution in [0.1, 0.15) is 58.4 Å². The van der Waals surface area contributed by atoms with Gasteiger partial charge in [0.25, 0.3) is 0 Å². The number of carbonyl (C=O) groups excluding carboxylic acids is 1. The molecule has 0 radical (unpaired) electrons. The molecule has 3 aromatic rings. The van der Waals surface area contributed by atoms with E-state index in [4.69, 9.17) is 4.74 Å². The highest BCUT2D eigenvalue weighted by Gasteiger charge is 2.29. The Morgan fingerprint density at radius 2 is 2.00 bits per heavy atom. The molecule has 35 heavy (non-hydrogen) atoms. The highest BCUT2D eigenvalue weighted by atomic mass is 79.9. The molecule has 1 fully saturated rings. The van der Waals surface area contributed by atoms with E-state index >= 15 is 0 Å². The van der Waals surface area contributed by atoms with E-state index in [0.717, 1.165) is 30.2 Å². The number of rotatable bonds is 9. The fourth-order valence-corrected chi connectivity index (χ4v) is 5.00. The third kappa shape index (κ3) is 7.11. The van der Waals surface area contributed by atoms with Gasteiger partial charge in [0.15, 0.2) is 11.7 Å². The molecule has 0 unspecified atom stereocenters. The summed E-state index contributed by atoms with van der Waals surface area (Å²) in [6.07, 6.45) is 9.72. The number of anilines is 1. The average molecular weight is 545 g/mol. The predicted molar refractivity (Wildman–Crippen MR) is 138 cm³/mol. The molecule has 2 aromatic heterocycles. The SMILES string of the molecule is CC(C)(O)Cn1ccc(NC(=O)[C@H](CC2CCCCC2)n2cc(Oc3cccc(Br)c3)cc2O)n1. The lowest BCUT2D eigenvalue weighted by molar-refractivity contribution is -0.120. The van der Waals surface area contributed by atoms with E-state index in [9.17, 15) is 15.0 Å². The number of aromatic nitrogens is 3. The maximum Gasteiger partial charge on any atom is 0.248 e. The summed E-state index contributed by atoms with van der Waals surface area (Å²) in [5.74, 6) is 1.62. The van der Waals surface area contributed by atoms with Gasteiger partial charge in [0.2, 0.25) is 5.91 Å². The minimum atomic E-state index is -0.918. The lowest BCUT2D eigenvalue weighted by atomic mass is 9.84. The number of carbonyl (C=O) groups is 1. The fraction of sp³-hybridized carbons (Fsp3) is 0.462. The van der Waals surface area contributed by atoms with Gasteiger partial charge in [-0.3, -0.25) is 9.48 Å². The number of hydrogen-bond acceptors (Lipinski definition) is 5. The number of benzene rings is 1. The largest absolute Gasteiger partial charge is 0.494 e. The molecule has 0 bridgehead atoms. The Bertz CT molecular complexity index is 1140. The number of nitrogens with zero attached hydrogens (tertiary/aromatic N) is 3. The van der Waals surface area contributed by atoms with Crippen LogP contribution in [0.25, 0.3) is 0 Å². The topological polar surface area (TPSA) is 102 Å². The quantitative estimate of drug-likeness (QED) is 0.313. The molecule has 1 amide bonds. The Kier molecular flexibility index (Phi) is 7.86. The van der Waals surface area contributed by atoms with Crippen molar-refractivity contribution in [3.05, 3.63) is 53.3 Å². The first-order valence-corrected chi connectivity index (χ1v) is 12.9. The van der Waals surface area contributed by atoms with Crippen molar-refractivity contribution in [2.45, 2.75) is 70.6 Å². The number of amides is 1. The van der Waals surface area contributed by atoms with Crippen molar-refractivity contribution in [1.29, 1.82) is 0 Å². The zero-order valence-corrected chi connectivity index (χ0v) is 21.7. The first kappa shape index (κ1) is 25.3. The van der Waals surface area contributed by atoms with Gasteiger partial charge in [0, 0.05) is 22.8 Å². The van der Waals surface area contributed by atoms with Crippen molar-refractivity contribution in [3.63, 3.8) is 0 Å². The second-order valence-corrected chi connectivity index (χ2v) is 10.9. The third-order valence-corrected chi connectivity index (χ3v) is 6.69. The Morgan fingerprint density at radius 3 is 2.71 bits per heavy atom. The average Bonchev–Trinajstić information content (AvgIpc) is 3.37. The fourth-order valence-electron chi connectivity index (χ4n) is 4.62. The molecule has 0 aliphatic heterocycles. The molecule has 9 heteroatoms. The molecule has 0 spiro atoms. The minimum absolute atomic E-state index is 0.0292. The highest BCUT2D eigenvalue weighted by molar-refractivity contribution is 9.10. The van der Waals surface area contributed by atoms with Crippen molar-refractivity contribution in [2.24, 2.45) is 5.92 Å².